The first-order valence-corrected chi connectivity index (χ1v) is 12.0. The van der Waals surface area contributed by atoms with Gasteiger partial charge in [-0.05, 0) is 59.2 Å². The van der Waals surface area contributed by atoms with Crippen LogP contribution < -0.4 is 14.2 Å². The molecule has 8 heteroatoms. The number of nitrogens with zero attached hydrogens (tertiary/aromatic N) is 1. The predicted octanol–water partition coefficient (Wildman–Crippen LogP) is 6.34. The molecule has 174 valence electrons. The molecule has 1 fully saturated rings. The maximum atomic E-state index is 13.0. The van der Waals surface area contributed by atoms with Crippen molar-refractivity contribution in [1.29, 1.82) is 0 Å². The molecule has 0 radical (unpaired) electrons. The molecule has 0 atom stereocenters. The van der Waals surface area contributed by atoms with Gasteiger partial charge in [0.15, 0.2) is 11.5 Å². The van der Waals surface area contributed by atoms with Gasteiger partial charge in [0, 0.05) is 5.02 Å². The lowest BCUT2D eigenvalue weighted by Crippen LogP contribution is -2.27. The summed E-state index contributed by atoms with van der Waals surface area (Å²) < 4.78 is 17.1. The normalized spacial score (nSPS) is 14.6. The summed E-state index contributed by atoms with van der Waals surface area (Å²) in [4.78, 5) is 15.2. The average Bonchev–Trinajstić information content (AvgIpc) is 3.11. The molecule has 0 unspecified atom stereocenters. The minimum atomic E-state index is -0.118. The number of hydrogen-bond donors (Lipinski definition) is 0. The van der Waals surface area contributed by atoms with E-state index in [-0.39, 0.29) is 5.91 Å². The van der Waals surface area contributed by atoms with E-state index in [2.05, 4.69) is 0 Å². The van der Waals surface area contributed by atoms with Crippen LogP contribution in [0.2, 0.25) is 5.02 Å². The summed E-state index contributed by atoms with van der Waals surface area (Å²) in [6, 6.07) is 20.6. The van der Waals surface area contributed by atoms with E-state index in [0.29, 0.717) is 38.9 Å². The molecule has 0 N–H and O–H groups in total. The molecule has 0 aromatic heterocycles. The monoisotopic (exact) mass is 511 g/mol. The zero-order valence-corrected chi connectivity index (χ0v) is 21.0. The van der Waals surface area contributed by atoms with Crippen LogP contribution in [0.15, 0.2) is 71.6 Å². The second-order valence-electron chi connectivity index (χ2n) is 7.44. The van der Waals surface area contributed by atoms with Crippen LogP contribution >= 0.6 is 35.6 Å². The zero-order valence-electron chi connectivity index (χ0n) is 18.6. The fourth-order valence-corrected chi connectivity index (χ4v) is 4.72. The molecule has 1 aliphatic rings. The predicted molar refractivity (Wildman–Crippen MR) is 140 cm³/mol. The summed E-state index contributed by atoms with van der Waals surface area (Å²) >= 11 is 12.7. The molecule has 1 heterocycles. The molecule has 0 bridgehead atoms. The van der Waals surface area contributed by atoms with Gasteiger partial charge in [-0.2, -0.15) is 0 Å². The zero-order chi connectivity index (χ0) is 24.1. The number of ether oxygens (including phenoxy) is 3. The lowest BCUT2D eigenvalue weighted by atomic mass is 10.1. The Bertz CT molecular complexity index is 1230. The Morgan fingerprint density at radius 3 is 2.32 bits per heavy atom. The van der Waals surface area contributed by atoms with Crippen LogP contribution in [0.3, 0.4) is 0 Å². The van der Waals surface area contributed by atoms with Gasteiger partial charge in [-0.15, -0.1) is 0 Å². The Hall–Kier alpha value is -3.00. The molecule has 0 saturated carbocycles. The fraction of sp³-hybridized carbons (Fsp3) is 0.154. The number of methoxy groups -OCH3 is 2. The highest BCUT2D eigenvalue weighted by atomic mass is 35.5. The highest BCUT2D eigenvalue weighted by molar-refractivity contribution is 8.26. The van der Waals surface area contributed by atoms with E-state index in [1.165, 1.54) is 11.8 Å². The van der Waals surface area contributed by atoms with Gasteiger partial charge >= 0.3 is 0 Å². The van der Waals surface area contributed by atoms with Gasteiger partial charge in [-0.3, -0.25) is 9.69 Å². The number of halogens is 1. The van der Waals surface area contributed by atoms with Gasteiger partial charge in [-0.25, -0.2) is 0 Å². The molecule has 3 aromatic rings. The summed E-state index contributed by atoms with van der Waals surface area (Å²) in [5.41, 5.74) is 2.79. The van der Waals surface area contributed by atoms with Crippen molar-refractivity contribution in [3.05, 3.63) is 93.3 Å². The van der Waals surface area contributed by atoms with Crippen molar-refractivity contribution in [2.75, 3.05) is 14.2 Å². The standard InChI is InChI=1S/C26H22ClNO4S2/c1-30-21-10-5-17(6-11-21)15-28-25(29)24(34-26(28)33)14-19-7-12-22(23(13-19)31-2)32-16-18-3-8-20(27)9-4-18/h3-14H,15-16H2,1-2H3. The Morgan fingerprint density at radius 1 is 0.941 bits per heavy atom. The van der Waals surface area contributed by atoms with E-state index in [4.69, 9.17) is 38.0 Å². The van der Waals surface area contributed by atoms with Gasteiger partial charge in [0.2, 0.25) is 0 Å². The first-order valence-electron chi connectivity index (χ1n) is 10.4. The lowest BCUT2D eigenvalue weighted by Gasteiger charge is -2.14. The van der Waals surface area contributed by atoms with E-state index < -0.39 is 0 Å². The number of carbonyl (C=O) groups excluding carboxylic acids is 1. The summed E-state index contributed by atoms with van der Waals surface area (Å²) in [6.07, 6.45) is 1.82. The summed E-state index contributed by atoms with van der Waals surface area (Å²) in [6.45, 7) is 0.795. The molecule has 1 aliphatic heterocycles. The maximum Gasteiger partial charge on any atom is 0.266 e. The number of benzene rings is 3. The number of rotatable bonds is 8. The molecule has 0 aliphatic carbocycles. The molecule has 0 spiro atoms. The number of amides is 1. The first kappa shape index (κ1) is 24.1. The number of hydrogen-bond acceptors (Lipinski definition) is 6. The van der Waals surface area contributed by atoms with Crippen LogP contribution in [-0.4, -0.2) is 29.3 Å². The number of thiocarbonyl (C=S) groups is 1. The van der Waals surface area contributed by atoms with Crippen LogP contribution in [-0.2, 0) is 17.9 Å². The second-order valence-corrected chi connectivity index (χ2v) is 9.55. The molecule has 1 saturated heterocycles. The Morgan fingerprint density at radius 2 is 1.65 bits per heavy atom. The Balaban J connectivity index is 1.46. The fourth-order valence-electron chi connectivity index (χ4n) is 3.34. The number of thioether (sulfide) groups is 1. The Kier molecular flexibility index (Phi) is 7.77. The Labute approximate surface area is 213 Å². The highest BCUT2D eigenvalue weighted by Gasteiger charge is 2.32. The molecular formula is C26H22ClNO4S2. The van der Waals surface area contributed by atoms with E-state index in [1.54, 1.807) is 19.1 Å². The van der Waals surface area contributed by atoms with Crippen molar-refractivity contribution in [3.8, 4) is 17.2 Å². The maximum absolute atomic E-state index is 13.0. The third kappa shape index (κ3) is 5.73. The van der Waals surface area contributed by atoms with Crippen LogP contribution in [0, 0.1) is 0 Å². The van der Waals surface area contributed by atoms with E-state index in [1.807, 2.05) is 72.8 Å². The van der Waals surface area contributed by atoms with Crippen molar-refractivity contribution >= 4 is 51.9 Å². The van der Waals surface area contributed by atoms with Crippen LogP contribution in [0.5, 0.6) is 17.2 Å². The average molecular weight is 512 g/mol. The molecule has 3 aromatic carbocycles. The lowest BCUT2D eigenvalue weighted by molar-refractivity contribution is -0.122. The van der Waals surface area contributed by atoms with Gasteiger partial charge in [0.05, 0.1) is 25.7 Å². The third-order valence-corrected chi connectivity index (χ3v) is 6.80. The third-order valence-electron chi connectivity index (χ3n) is 5.17. The molecule has 34 heavy (non-hydrogen) atoms. The smallest absolute Gasteiger partial charge is 0.266 e. The topological polar surface area (TPSA) is 48.0 Å². The van der Waals surface area contributed by atoms with Crippen molar-refractivity contribution < 1.29 is 19.0 Å². The highest BCUT2D eigenvalue weighted by Crippen LogP contribution is 2.36. The number of carbonyl (C=O) groups is 1. The largest absolute Gasteiger partial charge is 0.497 e. The van der Waals surface area contributed by atoms with E-state index in [9.17, 15) is 4.79 Å². The molecule has 4 rings (SSSR count). The van der Waals surface area contributed by atoms with E-state index in [0.717, 1.165) is 22.4 Å². The van der Waals surface area contributed by atoms with Gasteiger partial charge < -0.3 is 14.2 Å². The summed E-state index contributed by atoms with van der Waals surface area (Å²) in [5, 5.41) is 0.681. The molecule has 5 nitrogen and oxygen atoms in total. The van der Waals surface area contributed by atoms with Crippen molar-refractivity contribution in [2.24, 2.45) is 0 Å². The van der Waals surface area contributed by atoms with E-state index >= 15 is 0 Å². The van der Waals surface area contributed by atoms with Crippen molar-refractivity contribution in [1.82, 2.24) is 4.90 Å². The molecular weight excluding hydrogens is 490 g/mol. The quantitative estimate of drug-likeness (QED) is 0.260. The second kappa shape index (κ2) is 11.0. The van der Waals surface area contributed by atoms with Crippen molar-refractivity contribution in [3.63, 3.8) is 0 Å². The van der Waals surface area contributed by atoms with Crippen LogP contribution in [0.25, 0.3) is 6.08 Å². The summed E-state index contributed by atoms with van der Waals surface area (Å²) in [7, 11) is 3.21. The van der Waals surface area contributed by atoms with Crippen LogP contribution in [0.1, 0.15) is 16.7 Å². The van der Waals surface area contributed by atoms with Crippen LogP contribution in [0.4, 0.5) is 0 Å². The van der Waals surface area contributed by atoms with Gasteiger partial charge in [0.25, 0.3) is 5.91 Å². The molecule has 1 amide bonds. The minimum Gasteiger partial charge on any atom is -0.497 e. The van der Waals surface area contributed by atoms with Crippen molar-refractivity contribution in [2.45, 2.75) is 13.2 Å². The first-order chi connectivity index (χ1) is 16.5. The summed E-state index contributed by atoms with van der Waals surface area (Å²) in [5.74, 6) is 1.84. The SMILES string of the molecule is COc1ccc(CN2C(=O)C(=Cc3ccc(OCc4ccc(Cl)cc4)c(OC)c3)SC2=S)cc1. The van der Waals surface area contributed by atoms with Gasteiger partial charge in [0.1, 0.15) is 16.7 Å². The minimum absolute atomic E-state index is 0.118. The van der Waals surface area contributed by atoms with Gasteiger partial charge in [-0.1, -0.05) is 65.9 Å².